The highest BCUT2D eigenvalue weighted by molar-refractivity contribution is 5.88. The van der Waals surface area contributed by atoms with Gasteiger partial charge in [-0.25, -0.2) is 32.3 Å². The standard InChI is InChI=1S/C28H40FN3O5.C17H25F4N3O2.C10H16FNO4/c1-19(2)13-22-16-32(26(35)36-17-20-9-7-6-8-10-20)28(11-12-28)18-31(22)24(33)23-14-21(29)15-30(23)25(34)37-27(3,4)5;1-10(2)5-12-8-24(15(26)17(19,20)21)16(3-4-16)9-23(12)14(25)13-6-11(18)7-22-13;1-10(2,3)16-9(15)12-5-6(11)4-7(12)8(13)14/h6-10,19,21-23H,11-18H2,1-5H3;10-13,22H,3-9H2,1-2H3;6-7H,4-5H2,1-3H3,(H,13,14)/t21-,22-,23+;11-,12-,13+;6-,7+/m111/s1. The van der Waals surface area contributed by atoms with Gasteiger partial charge in [0.1, 0.15) is 48.4 Å². The van der Waals surface area contributed by atoms with Gasteiger partial charge in [-0.15, -0.1) is 0 Å². The summed E-state index contributed by atoms with van der Waals surface area (Å²) in [5, 5.41) is 11.7. The van der Waals surface area contributed by atoms with Gasteiger partial charge in [0, 0.05) is 64.1 Å². The molecule has 5 heterocycles. The Morgan fingerprint density at radius 3 is 1.51 bits per heavy atom. The van der Waals surface area contributed by atoms with Gasteiger partial charge in [0.15, 0.2) is 0 Å². The summed E-state index contributed by atoms with van der Waals surface area (Å²) in [5.41, 5.74) is -1.93. The van der Waals surface area contributed by atoms with Crippen LogP contribution >= 0.6 is 0 Å². The number of hydrogen-bond donors (Lipinski definition) is 2. The first-order chi connectivity index (χ1) is 36.6. The number of amides is 6. The maximum Gasteiger partial charge on any atom is 0.471 e. The molecule has 0 bridgehead atoms. The minimum atomic E-state index is -4.92. The molecule has 444 valence electrons. The number of halogens is 6. The Balaban J connectivity index is 0.000000208. The largest absolute Gasteiger partial charge is 0.480 e. The molecule has 18 nitrogen and oxygen atoms in total. The van der Waals surface area contributed by atoms with Gasteiger partial charge in [-0.1, -0.05) is 58.0 Å². The molecule has 8 atom stereocenters. The van der Waals surface area contributed by atoms with Gasteiger partial charge < -0.3 is 39.3 Å². The lowest BCUT2D eigenvalue weighted by atomic mass is 9.95. The second-order valence-corrected chi connectivity index (χ2v) is 25.1. The van der Waals surface area contributed by atoms with Crippen molar-refractivity contribution in [3.63, 3.8) is 0 Å². The van der Waals surface area contributed by atoms with Crippen molar-refractivity contribution >= 4 is 42.0 Å². The summed E-state index contributed by atoms with van der Waals surface area (Å²) in [7, 11) is 0. The number of nitrogens with zero attached hydrogens (tertiary/aromatic N) is 6. The minimum Gasteiger partial charge on any atom is -0.480 e. The molecule has 1 aromatic rings. The van der Waals surface area contributed by atoms with E-state index in [0.29, 0.717) is 38.8 Å². The quantitative estimate of drug-likeness (QED) is 0.179. The van der Waals surface area contributed by atoms with E-state index in [1.54, 1.807) is 56.2 Å². The number of hydrogen-bond acceptors (Lipinski definition) is 11. The van der Waals surface area contributed by atoms with Crippen LogP contribution in [0.4, 0.5) is 40.7 Å². The smallest absolute Gasteiger partial charge is 0.471 e. The fourth-order valence-corrected chi connectivity index (χ4v) is 11.1. The van der Waals surface area contributed by atoms with Crippen LogP contribution in [0.1, 0.15) is 133 Å². The molecule has 24 heteroatoms. The summed E-state index contributed by atoms with van der Waals surface area (Å²) in [6, 6.07) is 6.14. The van der Waals surface area contributed by atoms with Crippen LogP contribution in [0.2, 0.25) is 0 Å². The van der Waals surface area contributed by atoms with Crippen molar-refractivity contribution in [1.29, 1.82) is 0 Å². The van der Waals surface area contributed by atoms with Crippen molar-refractivity contribution < 1.29 is 79.2 Å². The molecule has 2 N–H and O–H groups in total. The molecule has 2 spiro atoms. The van der Waals surface area contributed by atoms with Gasteiger partial charge in [0.05, 0.1) is 30.2 Å². The van der Waals surface area contributed by atoms with Gasteiger partial charge in [-0.2, -0.15) is 13.2 Å². The van der Waals surface area contributed by atoms with Crippen molar-refractivity contribution in [2.45, 2.75) is 211 Å². The van der Waals surface area contributed by atoms with Crippen LogP contribution in [0.5, 0.6) is 0 Å². The third kappa shape index (κ3) is 16.3. The van der Waals surface area contributed by atoms with Crippen molar-refractivity contribution in [3.05, 3.63) is 35.9 Å². The summed E-state index contributed by atoms with van der Waals surface area (Å²) in [6.45, 7) is 18.9. The number of carboxylic acids is 1. The molecule has 7 fully saturated rings. The van der Waals surface area contributed by atoms with E-state index in [4.69, 9.17) is 19.3 Å². The van der Waals surface area contributed by atoms with Crippen LogP contribution in [0.3, 0.4) is 0 Å². The van der Waals surface area contributed by atoms with Crippen molar-refractivity contribution in [2.75, 3.05) is 45.8 Å². The van der Waals surface area contributed by atoms with E-state index in [1.165, 1.54) is 4.90 Å². The highest BCUT2D eigenvalue weighted by atomic mass is 19.4. The molecule has 0 aromatic heterocycles. The maximum absolute atomic E-state index is 14.5. The highest BCUT2D eigenvalue weighted by Crippen LogP contribution is 2.49. The van der Waals surface area contributed by atoms with Crippen LogP contribution in [0.25, 0.3) is 0 Å². The highest BCUT2D eigenvalue weighted by Gasteiger charge is 2.61. The third-order valence-corrected chi connectivity index (χ3v) is 15.1. The Morgan fingerprint density at radius 1 is 0.620 bits per heavy atom. The number of carboxylic acid groups (broad SMARTS) is 1. The number of likely N-dealkylation sites (tertiary alicyclic amines) is 2. The molecular formula is C55H81F6N7O11. The number of aliphatic carboxylic acids is 1. The maximum atomic E-state index is 14.5. The number of ether oxygens (including phenoxy) is 3. The fourth-order valence-electron chi connectivity index (χ4n) is 11.1. The molecule has 5 saturated heterocycles. The van der Waals surface area contributed by atoms with Gasteiger partial charge in [-0.05, 0) is 97.5 Å². The molecule has 6 amide bonds. The average molecular weight is 1130 g/mol. The Bertz CT molecular complexity index is 2340. The van der Waals surface area contributed by atoms with Crippen LogP contribution in [-0.2, 0) is 40.0 Å². The lowest BCUT2D eigenvalue weighted by Gasteiger charge is -2.48. The molecule has 8 rings (SSSR count). The molecule has 0 unspecified atom stereocenters. The first-order valence-corrected chi connectivity index (χ1v) is 27.5. The number of nitrogens with one attached hydrogen (secondary N) is 1. The van der Waals surface area contributed by atoms with Crippen molar-refractivity contribution in [3.8, 4) is 0 Å². The number of benzene rings is 1. The molecule has 5 aliphatic heterocycles. The van der Waals surface area contributed by atoms with Gasteiger partial charge in [0.2, 0.25) is 11.8 Å². The second kappa shape index (κ2) is 24.7. The van der Waals surface area contributed by atoms with Crippen LogP contribution in [-0.4, -0.2) is 199 Å². The zero-order valence-corrected chi connectivity index (χ0v) is 47.2. The van der Waals surface area contributed by atoms with Crippen LogP contribution in [0.15, 0.2) is 30.3 Å². The monoisotopic (exact) mass is 1130 g/mol. The summed E-state index contributed by atoms with van der Waals surface area (Å²) in [4.78, 5) is 95.4. The van der Waals surface area contributed by atoms with Crippen LogP contribution < -0.4 is 5.32 Å². The number of carbonyl (C=O) groups is 7. The molecule has 2 aliphatic carbocycles. The van der Waals surface area contributed by atoms with Crippen molar-refractivity contribution in [2.24, 2.45) is 11.8 Å². The Kier molecular flexibility index (Phi) is 19.6. The molecular weight excluding hydrogens is 1050 g/mol. The molecule has 7 aliphatic rings. The lowest BCUT2D eigenvalue weighted by molar-refractivity contribution is -0.193. The van der Waals surface area contributed by atoms with E-state index in [-0.39, 0.29) is 94.4 Å². The molecule has 0 radical (unpaired) electrons. The SMILES string of the molecule is CC(C)(C)OC(=O)N1C[C@H](F)C[C@H]1C(=O)O.CC(C)C[C@@H]1CN(C(=O)C(F)(F)F)C2(CC2)CN1C(=O)[C@@H]1C[C@@H](F)CN1.CC(C)C[C@@H]1CN(C(=O)OCc2ccccc2)C2(CC2)CN1C(=O)[C@@H]1C[C@@H](F)CN1C(=O)OC(C)(C)C. The van der Waals surface area contributed by atoms with E-state index in [0.717, 1.165) is 28.2 Å². The molecule has 1 aromatic carbocycles. The second-order valence-electron chi connectivity index (χ2n) is 25.1. The number of carbonyl (C=O) groups excluding carboxylic acids is 6. The van der Waals surface area contributed by atoms with Gasteiger partial charge >= 0.3 is 36.3 Å². The van der Waals surface area contributed by atoms with E-state index < -0.39 is 95.2 Å². The Hall–Kier alpha value is -5.55. The van der Waals surface area contributed by atoms with E-state index in [2.05, 4.69) is 19.2 Å². The summed E-state index contributed by atoms with van der Waals surface area (Å²) >= 11 is 0. The predicted molar refractivity (Wildman–Crippen MR) is 276 cm³/mol. The first kappa shape index (κ1) is 62.6. The Morgan fingerprint density at radius 2 is 1.08 bits per heavy atom. The first-order valence-electron chi connectivity index (χ1n) is 27.5. The third-order valence-electron chi connectivity index (χ3n) is 15.1. The fraction of sp³-hybridized carbons (Fsp3) is 0.764. The summed E-state index contributed by atoms with van der Waals surface area (Å²) < 4.78 is 96.2. The number of rotatable bonds is 9. The zero-order chi connectivity index (χ0) is 58.7. The van der Waals surface area contributed by atoms with E-state index in [1.807, 2.05) is 44.2 Å². The molecule has 79 heavy (non-hydrogen) atoms. The Labute approximate surface area is 459 Å². The zero-order valence-electron chi connectivity index (χ0n) is 47.2. The number of alkyl halides is 6. The average Bonchev–Trinajstić information content (AvgIpc) is 4.33. The van der Waals surface area contributed by atoms with E-state index >= 15 is 0 Å². The normalized spacial score (nSPS) is 27.1. The van der Waals surface area contributed by atoms with Gasteiger partial charge in [0.25, 0.3) is 0 Å². The summed E-state index contributed by atoms with van der Waals surface area (Å²) in [5.74, 6) is -3.13. The molecule has 2 saturated carbocycles. The topological polar surface area (TPSA) is 199 Å². The lowest BCUT2D eigenvalue weighted by Crippen LogP contribution is -2.66. The van der Waals surface area contributed by atoms with Gasteiger partial charge in [-0.3, -0.25) is 29.1 Å². The predicted octanol–water partition coefficient (Wildman–Crippen LogP) is 8.05. The van der Waals surface area contributed by atoms with Crippen LogP contribution in [0, 0.1) is 11.8 Å². The minimum absolute atomic E-state index is 0.0429. The van der Waals surface area contributed by atoms with Crippen molar-refractivity contribution in [1.82, 2.24) is 34.7 Å². The summed E-state index contributed by atoms with van der Waals surface area (Å²) in [6.07, 6.45) is -6.90. The van der Waals surface area contributed by atoms with E-state index in [9.17, 15) is 59.9 Å². The number of piperazine rings is 2.